The van der Waals surface area contributed by atoms with Crippen molar-refractivity contribution in [2.45, 2.75) is 0 Å². The zero-order valence-electron chi connectivity index (χ0n) is 9.35. The van der Waals surface area contributed by atoms with E-state index >= 15 is 0 Å². The first-order chi connectivity index (χ1) is 8.26. The lowest BCUT2D eigenvalue weighted by Gasteiger charge is -2.02. The Morgan fingerprint density at radius 1 is 1.47 bits per heavy atom. The van der Waals surface area contributed by atoms with Crippen LogP contribution in [0.3, 0.4) is 0 Å². The van der Waals surface area contributed by atoms with Gasteiger partial charge in [0.15, 0.2) is 0 Å². The normalized spacial score (nSPS) is 11.8. The average Bonchev–Trinajstić information content (AvgIpc) is 2.35. The number of nitrogens with zero attached hydrogens (tertiary/aromatic N) is 2. The van der Waals surface area contributed by atoms with Crippen LogP contribution in [-0.2, 0) is 0 Å². The molecular formula is C11H13ClN4S. The van der Waals surface area contributed by atoms with E-state index in [-0.39, 0.29) is 0 Å². The molecule has 6 heteroatoms. The minimum atomic E-state index is 0.536. The molecule has 0 fully saturated rings. The summed E-state index contributed by atoms with van der Waals surface area (Å²) in [4.78, 5) is 4.44. The Morgan fingerprint density at radius 2 is 2.18 bits per heavy atom. The molecule has 1 rings (SSSR count). The van der Waals surface area contributed by atoms with E-state index in [0.717, 1.165) is 16.9 Å². The molecule has 0 atom stereocenters. The molecule has 0 unspecified atom stereocenters. The number of halogens is 1. The summed E-state index contributed by atoms with van der Waals surface area (Å²) in [7, 11) is 0. The molecular weight excluding hydrogens is 256 g/mol. The minimum absolute atomic E-state index is 0.536. The molecule has 0 saturated carbocycles. The third-order valence-corrected chi connectivity index (χ3v) is 2.75. The first kappa shape index (κ1) is 13.7. The maximum absolute atomic E-state index is 6.77. The first-order valence-electron chi connectivity index (χ1n) is 4.88. The van der Waals surface area contributed by atoms with E-state index in [0.29, 0.717) is 11.6 Å². The molecule has 0 amide bonds. The van der Waals surface area contributed by atoms with Crippen molar-refractivity contribution in [3.8, 4) is 0 Å². The van der Waals surface area contributed by atoms with Crippen LogP contribution in [0.2, 0.25) is 5.02 Å². The third-order valence-electron chi connectivity index (χ3n) is 1.79. The standard InChI is InChI=1S/C11H13ClN4S/c1-17-11(8-15-14-7-6-13)16-10-4-2-9(12)3-5-10/h2-7,13,15H,8H2,1H3/b13-6?,14-7-,16-11?. The van der Waals surface area contributed by atoms with E-state index in [1.54, 1.807) is 23.9 Å². The van der Waals surface area contributed by atoms with E-state index in [9.17, 15) is 0 Å². The summed E-state index contributed by atoms with van der Waals surface area (Å²) < 4.78 is 0. The highest BCUT2D eigenvalue weighted by Gasteiger charge is 1.97. The van der Waals surface area contributed by atoms with Crippen molar-refractivity contribution in [2.75, 3.05) is 12.8 Å². The van der Waals surface area contributed by atoms with Gasteiger partial charge in [-0.05, 0) is 30.5 Å². The fourth-order valence-electron chi connectivity index (χ4n) is 1.02. The lowest BCUT2D eigenvalue weighted by molar-refractivity contribution is 0.859. The number of hydrogen-bond donors (Lipinski definition) is 2. The number of aliphatic imine (C=N–C) groups is 1. The SMILES string of the molecule is CSC(CN/N=C\C=N)=Nc1ccc(Cl)cc1. The second-order valence-electron chi connectivity index (χ2n) is 2.97. The monoisotopic (exact) mass is 268 g/mol. The largest absolute Gasteiger partial charge is 0.307 e. The van der Waals surface area contributed by atoms with E-state index in [4.69, 9.17) is 17.0 Å². The highest BCUT2D eigenvalue weighted by Crippen LogP contribution is 2.17. The van der Waals surface area contributed by atoms with Gasteiger partial charge in [-0.2, -0.15) is 5.10 Å². The van der Waals surface area contributed by atoms with Crippen molar-refractivity contribution in [3.05, 3.63) is 29.3 Å². The van der Waals surface area contributed by atoms with Gasteiger partial charge in [0.2, 0.25) is 0 Å². The molecule has 0 saturated heterocycles. The van der Waals surface area contributed by atoms with Gasteiger partial charge in [-0.3, -0.25) is 0 Å². The smallest absolute Gasteiger partial charge is 0.0944 e. The van der Waals surface area contributed by atoms with Crippen LogP contribution in [0.25, 0.3) is 0 Å². The van der Waals surface area contributed by atoms with Crippen LogP contribution in [0.5, 0.6) is 0 Å². The van der Waals surface area contributed by atoms with Crippen LogP contribution < -0.4 is 5.43 Å². The van der Waals surface area contributed by atoms with E-state index in [1.807, 2.05) is 18.4 Å². The summed E-state index contributed by atoms with van der Waals surface area (Å²) in [5.74, 6) is 0. The molecule has 4 nitrogen and oxygen atoms in total. The van der Waals surface area contributed by atoms with Crippen LogP contribution in [0.1, 0.15) is 0 Å². The molecule has 90 valence electrons. The molecule has 0 spiro atoms. The summed E-state index contributed by atoms with van der Waals surface area (Å²) in [6.45, 7) is 0.536. The maximum atomic E-state index is 6.77. The van der Waals surface area contributed by atoms with Gasteiger partial charge in [-0.1, -0.05) is 11.6 Å². The van der Waals surface area contributed by atoms with Crippen molar-refractivity contribution in [3.63, 3.8) is 0 Å². The Kier molecular flexibility index (Phi) is 6.35. The number of benzene rings is 1. The lowest BCUT2D eigenvalue weighted by atomic mass is 10.3. The maximum Gasteiger partial charge on any atom is 0.0944 e. The lowest BCUT2D eigenvalue weighted by Crippen LogP contribution is -2.15. The van der Waals surface area contributed by atoms with Crippen LogP contribution in [0.4, 0.5) is 5.69 Å². The van der Waals surface area contributed by atoms with E-state index in [1.165, 1.54) is 6.21 Å². The first-order valence-corrected chi connectivity index (χ1v) is 6.48. The zero-order valence-corrected chi connectivity index (χ0v) is 10.9. The highest BCUT2D eigenvalue weighted by molar-refractivity contribution is 8.13. The fourth-order valence-corrected chi connectivity index (χ4v) is 1.55. The van der Waals surface area contributed by atoms with Crippen molar-refractivity contribution in [1.29, 1.82) is 5.41 Å². The van der Waals surface area contributed by atoms with Crippen molar-refractivity contribution in [1.82, 2.24) is 5.43 Å². The summed E-state index contributed by atoms with van der Waals surface area (Å²) >= 11 is 7.34. The molecule has 17 heavy (non-hydrogen) atoms. The highest BCUT2D eigenvalue weighted by atomic mass is 35.5. The minimum Gasteiger partial charge on any atom is -0.307 e. The molecule has 0 heterocycles. The molecule has 1 aromatic carbocycles. The molecule has 2 N–H and O–H groups in total. The Balaban J connectivity index is 2.62. The van der Waals surface area contributed by atoms with Crippen LogP contribution in [-0.4, -0.2) is 30.3 Å². The molecule has 0 bridgehead atoms. The summed E-state index contributed by atoms with van der Waals surface area (Å²) in [6.07, 6.45) is 4.44. The quantitative estimate of drug-likeness (QED) is 0.490. The van der Waals surface area contributed by atoms with Gasteiger partial charge in [0, 0.05) is 11.2 Å². The number of rotatable bonds is 5. The van der Waals surface area contributed by atoms with Gasteiger partial charge in [0.05, 0.1) is 23.5 Å². The predicted octanol–water partition coefficient (Wildman–Crippen LogP) is 2.96. The third kappa shape index (κ3) is 5.51. The molecule has 0 aromatic heterocycles. The summed E-state index contributed by atoms with van der Waals surface area (Å²) in [6, 6.07) is 7.33. The Morgan fingerprint density at radius 3 is 2.76 bits per heavy atom. The topological polar surface area (TPSA) is 60.6 Å². The van der Waals surface area contributed by atoms with Crippen molar-refractivity contribution in [2.24, 2.45) is 10.1 Å². The van der Waals surface area contributed by atoms with Gasteiger partial charge in [-0.25, -0.2) is 4.99 Å². The fraction of sp³-hybridized carbons (Fsp3) is 0.182. The second kappa shape index (κ2) is 7.86. The number of hydrogen-bond acceptors (Lipinski definition) is 5. The van der Waals surface area contributed by atoms with Crippen molar-refractivity contribution >= 4 is 46.5 Å². The van der Waals surface area contributed by atoms with Gasteiger partial charge in [0.25, 0.3) is 0 Å². The second-order valence-corrected chi connectivity index (χ2v) is 4.28. The number of thioether (sulfide) groups is 1. The van der Waals surface area contributed by atoms with Gasteiger partial charge < -0.3 is 10.8 Å². The molecule has 1 aromatic rings. The summed E-state index contributed by atoms with van der Waals surface area (Å²) in [5, 5.41) is 12.2. The van der Waals surface area contributed by atoms with Crippen LogP contribution in [0, 0.1) is 5.41 Å². The molecule has 0 aliphatic rings. The van der Waals surface area contributed by atoms with E-state index in [2.05, 4.69) is 15.5 Å². The van der Waals surface area contributed by atoms with Gasteiger partial charge >= 0.3 is 0 Å². The van der Waals surface area contributed by atoms with Crippen molar-refractivity contribution < 1.29 is 0 Å². The van der Waals surface area contributed by atoms with Gasteiger partial charge in [-0.15, -0.1) is 11.8 Å². The van der Waals surface area contributed by atoms with Crippen LogP contribution >= 0.6 is 23.4 Å². The Bertz CT molecular complexity index is 414. The van der Waals surface area contributed by atoms with Crippen LogP contribution in [0.15, 0.2) is 34.4 Å². The van der Waals surface area contributed by atoms with E-state index < -0.39 is 0 Å². The Labute approximate surface area is 110 Å². The number of hydrazone groups is 1. The van der Waals surface area contributed by atoms with Gasteiger partial charge in [0.1, 0.15) is 0 Å². The molecule has 0 aliphatic carbocycles. The average molecular weight is 269 g/mol. The molecule has 0 aliphatic heterocycles. The predicted molar refractivity (Wildman–Crippen MR) is 77.3 cm³/mol. The zero-order chi connectivity index (χ0) is 12.5. The Hall–Kier alpha value is -1.33. The number of nitrogens with one attached hydrogen (secondary N) is 2. The summed E-state index contributed by atoms with van der Waals surface area (Å²) in [5.41, 5.74) is 3.67. The molecule has 0 radical (unpaired) electrons.